The predicted octanol–water partition coefficient (Wildman–Crippen LogP) is 9.14. The summed E-state index contributed by atoms with van der Waals surface area (Å²) < 4.78 is 34.1. The average molecular weight is 718 g/mol. The monoisotopic (exact) mass is 717 g/mol. The molecular formula is C38H48ClN3O5Si2. The fraction of sp³-hybridized carbons (Fsp3) is 0.474. The van der Waals surface area contributed by atoms with E-state index in [0.29, 0.717) is 53.0 Å². The standard InChI is InChI=1S/C38H48ClN3O5Si2/c1-38(2,3)49(7,8)47-32-23-45-35-31(22-44-36(32)35)46-37-28(21-40)34-30(42(37)24-43-18-19-48(4,5)6)20-29(39)33(41-34)27-16-14-26(15-17-27)25-12-10-9-11-13-25/h9-17,20,31-32,35-36H,18-19,22-24H2,1-8H3/t31-,32-,35-,36-/m1/s1. The van der Waals surface area contributed by atoms with Crippen molar-refractivity contribution in [3.8, 4) is 34.3 Å². The molecule has 8 nitrogen and oxygen atoms in total. The van der Waals surface area contributed by atoms with Gasteiger partial charge in [-0.05, 0) is 41.4 Å². The van der Waals surface area contributed by atoms with Gasteiger partial charge in [-0.25, -0.2) is 4.98 Å². The Hall–Kier alpha value is -3.02. The first kappa shape index (κ1) is 35.8. The molecule has 260 valence electrons. The quantitative estimate of drug-likeness (QED) is 0.113. The van der Waals surface area contributed by atoms with Crippen molar-refractivity contribution in [1.82, 2.24) is 9.55 Å². The summed E-state index contributed by atoms with van der Waals surface area (Å²) >= 11 is 6.95. The summed E-state index contributed by atoms with van der Waals surface area (Å²) in [6.45, 7) is 19.7. The van der Waals surface area contributed by atoms with Gasteiger partial charge in [-0.15, -0.1) is 0 Å². The van der Waals surface area contributed by atoms with Gasteiger partial charge in [0.25, 0.3) is 0 Å². The molecular weight excluding hydrogens is 670 g/mol. The fourth-order valence-corrected chi connectivity index (χ4v) is 8.41. The number of hydrogen-bond acceptors (Lipinski definition) is 7. The molecule has 4 aromatic rings. The number of ether oxygens (including phenoxy) is 4. The maximum Gasteiger partial charge on any atom is 0.217 e. The van der Waals surface area contributed by atoms with Crippen LogP contribution in [0, 0.1) is 11.3 Å². The number of rotatable bonds is 11. The number of pyridine rings is 1. The van der Waals surface area contributed by atoms with Crippen molar-refractivity contribution in [2.24, 2.45) is 0 Å². The van der Waals surface area contributed by atoms with E-state index in [1.54, 1.807) is 0 Å². The van der Waals surface area contributed by atoms with Gasteiger partial charge < -0.3 is 23.4 Å². The maximum atomic E-state index is 10.6. The first-order chi connectivity index (χ1) is 23.2. The van der Waals surface area contributed by atoms with E-state index in [-0.39, 0.29) is 30.1 Å². The van der Waals surface area contributed by atoms with Gasteiger partial charge in [-0.2, -0.15) is 5.26 Å². The molecule has 4 atom stereocenters. The largest absolute Gasteiger partial charge is 0.469 e. The van der Waals surface area contributed by atoms with Gasteiger partial charge in [0.05, 0.1) is 35.6 Å². The van der Waals surface area contributed by atoms with Crippen molar-refractivity contribution < 1.29 is 23.4 Å². The molecule has 2 fully saturated rings. The lowest BCUT2D eigenvalue weighted by molar-refractivity contribution is 0.00849. The molecule has 0 unspecified atom stereocenters. The van der Waals surface area contributed by atoms with E-state index in [2.05, 4.69) is 83.8 Å². The van der Waals surface area contributed by atoms with Crippen molar-refractivity contribution in [3.05, 3.63) is 71.2 Å². The molecule has 49 heavy (non-hydrogen) atoms. The third-order valence-electron chi connectivity index (χ3n) is 10.0. The van der Waals surface area contributed by atoms with Crippen molar-refractivity contribution in [1.29, 1.82) is 5.26 Å². The Balaban J connectivity index is 1.32. The van der Waals surface area contributed by atoms with E-state index in [9.17, 15) is 5.26 Å². The van der Waals surface area contributed by atoms with Crippen LogP contribution in [0.2, 0.25) is 48.8 Å². The van der Waals surface area contributed by atoms with Crippen LogP contribution in [0.4, 0.5) is 0 Å². The van der Waals surface area contributed by atoms with Gasteiger partial charge >= 0.3 is 0 Å². The highest BCUT2D eigenvalue weighted by Crippen LogP contribution is 2.42. The molecule has 4 heterocycles. The zero-order chi connectivity index (χ0) is 35.1. The number of aromatic nitrogens is 2. The number of benzene rings is 2. The number of hydrogen-bond donors (Lipinski definition) is 0. The predicted molar refractivity (Wildman–Crippen MR) is 200 cm³/mol. The summed E-state index contributed by atoms with van der Waals surface area (Å²) in [5.41, 5.74) is 5.21. The molecule has 2 saturated heterocycles. The van der Waals surface area contributed by atoms with Crippen LogP contribution in [0.1, 0.15) is 26.3 Å². The lowest BCUT2D eigenvalue weighted by atomic mass is 10.0. The summed E-state index contributed by atoms with van der Waals surface area (Å²) in [5, 5.41) is 11.1. The van der Waals surface area contributed by atoms with Crippen LogP contribution in [-0.2, 0) is 25.4 Å². The Labute approximate surface area is 297 Å². The summed E-state index contributed by atoms with van der Waals surface area (Å²) in [7, 11) is -3.36. The topological polar surface area (TPSA) is 87.8 Å². The smallest absolute Gasteiger partial charge is 0.217 e. The Morgan fingerprint density at radius 3 is 2.16 bits per heavy atom. The summed E-state index contributed by atoms with van der Waals surface area (Å²) in [4.78, 5) is 5.00. The SMILES string of the molecule is CC(C)(C)[Si](C)(C)O[C@@H]1CO[C@H]2[C@@H]1OC[C@H]2Oc1c(C#N)c2nc(-c3ccc(-c4ccccc4)cc3)c(Cl)cc2n1COCC[Si](C)(C)C. The lowest BCUT2D eigenvalue weighted by Crippen LogP contribution is -2.47. The molecule has 2 aromatic carbocycles. The highest BCUT2D eigenvalue weighted by Gasteiger charge is 2.52. The van der Waals surface area contributed by atoms with E-state index < -0.39 is 22.5 Å². The summed E-state index contributed by atoms with van der Waals surface area (Å²) in [5.74, 6) is 0.386. The molecule has 2 aliphatic heterocycles. The summed E-state index contributed by atoms with van der Waals surface area (Å²) in [6, 6.07) is 23.6. The van der Waals surface area contributed by atoms with Crippen molar-refractivity contribution >= 4 is 39.0 Å². The molecule has 2 aliphatic rings. The van der Waals surface area contributed by atoms with Crippen molar-refractivity contribution in [3.63, 3.8) is 0 Å². The highest BCUT2D eigenvalue weighted by molar-refractivity contribution is 6.76. The molecule has 2 aromatic heterocycles. The highest BCUT2D eigenvalue weighted by atomic mass is 35.5. The molecule has 0 N–H and O–H groups in total. The second-order valence-corrected chi connectivity index (χ2v) is 26.7. The summed E-state index contributed by atoms with van der Waals surface area (Å²) in [6.07, 6.45) is -1.16. The van der Waals surface area contributed by atoms with Gasteiger partial charge in [0.15, 0.2) is 14.4 Å². The zero-order valence-electron chi connectivity index (χ0n) is 29.9. The van der Waals surface area contributed by atoms with Crippen LogP contribution in [0.3, 0.4) is 0 Å². The Morgan fingerprint density at radius 2 is 1.53 bits per heavy atom. The number of fused-ring (bicyclic) bond motifs is 2. The second-order valence-electron chi connectivity index (χ2n) is 15.9. The maximum absolute atomic E-state index is 10.6. The average Bonchev–Trinajstić information content (AvgIpc) is 3.71. The van der Waals surface area contributed by atoms with Gasteiger partial charge in [0, 0.05) is 20.2 Å². The number of nitrogens with zero attached hydrogens (tertiary/aromatic N) is 3. The van der Waals surface area contributed by atoms with Crippen LogP contribution >= 0.6 is 11.6 Å². The van der Waals surface area contributed by atoms with Crippen molar-refractivity contribution in [2.45, 2.75) is 95.7 Å². The third-order valence-corrected chi connectivity index (χ3v) is 16.5. The molecule has 0 aliphatic carbocycles. The number of nitriles is 1. The Bertz CT molecular complexity index is 1830. The fourth-order valence-electron chi connectivity index (χ4n) is 6.08. The normalized spacial score (nSPS) is 21.2. The second kappa shape index (κ2) is 13.9. The van der Waals surface area contributed by atoms with Gasteiger partial charge in [-0.1, -0.05) is 107 Å². The van der Waals surface area contributed by atoms with Crippen LogP contribution in [0.5, 0.6) is 5.88 Å². The molecule has 0 spiro atoms. The third kappa shape index (κ3) is 7.54. The van der Waals surface area contributed by atoms with Crippen LogP contribution in [0.25, 0.3) is 33.4 Å². The molecule has 11 heteroatoms. The molecule has 0 saturated carbocycles. The van der Waals surface area contributed by atoms with E-state index in [4.69, 9.17) is 40.0 Å². The van der Waals surface area contributed by atoms with Crippen LogP contribution < -0.4 is 4.74 Å². The van der Waals surface area contributed by atoms with Crippen LogP contribution in [0.15, 0.2) is 60.7 Å². The minimum Gasteiger partial charge on any atom is -0.469 e. The molecule has 0 radical (unpaired) electrons. The molecule has 0 bridgehead atoms. The molecule has 6 rings (SSSR count). The Morgan fingerprint density at radius 1 is 0.918 bits per heavy atom. The van der Waals surface area contributed by atoms with Gasteiger partial charge in [-0.3, -0.25) is 4.57 Å². The van der Waals surface area contributed by atoms with E-state index in [1.165, 1.54) is 0 Å². The van der Waals surface area contributed by atoms with E-state index in [1.807, 2.05) is 41.0 Å². The first-order valence-electron chi connectivity index (χ1n) is 17.1. The Kier molecular flexibility index (Phi) is 10.2. The van der Waals surface area contributed by atoms with Gasteiger partial charge in [0.1, 0.15) is 36.1 Å². The zero-order valence-corrected chi connectivity index (χ0v) is 32.6. The minimum atomic E-state index is -2.05. The first-order valence-corrected chi connectivity index (χ1v) is 24.1. The van der Waals surface area contributed by atoms with Gasteiger partial charge in [0.2, 0.25) is 5.88 Å². The van der Waals surface area contributed by atoms with Crippen LogP contribution in [-0.4, -0.2) is 70.2 Å². The van der Waals surface area contributed by atoms with E-state index in [0.717, 1.165) is 22.7 Å². The van der Waals surface area contributed by atoms with E-state index >= 15 is 0 Å². The minimum absolute atomic E-state index is 0.0643. The number of halogens is 1. The van der Waals surface area contributed by atoms with Crippen molar-refractivity contribution in [2.75, 3.05) is 19.8 Å². The lowest BCUT2D eigenvalue weighted by Gasteiger charge is -2.39. The molecule has 0 amide bonds.